The lowest BCUT2D eigenvalue weighted by atomic mass is 10.1. The molecule has 6 heteroatoms. The van der Waals surface area contributed by atoms with Crippen LogP contribution in [0.4, 0.5) is 5.69 Å². The summed E-state index contributed by atoms with van der Waals surface area (Å²) < 4.78 is 10.6. The highest BCUT2D eigenvalue weighted by molar-refractivity contribution is 6.42. The van der Waals surface area contributed by atoms with Crippen molar-refractivity contribution in [2.75, 3.05) is 25.6 Å². The number of methoxy groups -OCH3 is 1. The van der Waals surface area contributed by atoms with Gasteiger partial charge in [-0.3, -0.25) is 4.79 Å². The third kappa shape index (κ3) is 4.86. The lowest BCUT2D eigenvalue weighted by molar-refractivity contribution is 0.102. The van der Waals surface area contributed by atoms with Crippen molar-refractivity contribution in [3.63, 3.8) is 0 Å². The zero-order chi connectivity index (χ0) is 16.8. The SMILES string of the molecule is COCCOc1cc(C)ccc1NC(=O)c1ccc(Cl)c(Cl)c1. The van der Waals surface area contributed by atoms with Crippen LogP contribution in [0, 0.1) is 6.92 Å². The summed E-state index contributed by atoms with van der Waals surface area (Å²) in [6.07, 6.45) is 0. The number of carbonyl (C=O) groups is 1. The van der Waals surface area contributed by atoms with E-state index in [0.717, 1.165) is 5.56 Å². The van der Waals surface area contributed by atoms with E-state index in [2.05, 4.69) is 5.32 Å². The monoisotopic (exact) mass is 353 g/mol. The van der Waals surface area contributed by atoms with Crippen LogP contribution in [0.15, 0.2) is 36.4 Å². The van der Waals surface area contributed by atoms with E-state index in [4.69, 9.17) is 32.7 Å². The Balaban J connectivity index is 2.17. The third-order valence-electron chi connectivity index (χ3n) is 3.11. The van der Waals surface area contributed by atoms with Gasteiger partial charge >= 0.3 is 0 Å². The number of anilines is 1. The molecule has 122 valence electrons. The molecule has 2 aromatic rings. The van der Waals surface area contributed by atoms with Crippen molar-refractivity contribution in [1.82, 2.24) is 0 Å². The van der Waals surface area contributed by atoms with Crippen molar-refractivity contribution in [3.8, 4) is 5.75 Å². The van der Waals surface area contributed by atoms with Gasteiger partial charge in [-0.25, -0.2) is 0 Å². The van der Waals surface area contributed by atoms with Crippen LogP contribution in [0.25, 0.3) is 0 Å². The van der Waals surface area contributed by atoms with Gasteiger partial charge in [0.05, 0.1) is 22.3 Å². The van der Waals surface area contributed by atoms with Crippen LogP contribution in [-0.2, 0) is 4.74 Å². The highest BCUT2D eigenvalue weighted by Crippen LogP contribution is 2.27. The zero-order valence-corrected chi connectivity index (χ0v) is 14.4. The summed E-state index contributed by atoms with van der Waals surface area (Å²) in [5.74, 6) is 0.305. The number of ether oxygens (including phenoxy) is 2. The predicted molar refractivity (Wildman–Crippen MR) is 93.0 cm³/mol. The lowest BCUT2D eigenvalue weighted by Gasteiger charge is -2.13. The smallest absolute Gasteiger partial charge is 0.255 e. The average Bonchev–Trinajstić information content (AvgIpc) is 2.52. The molecule has 2 rings (SSSR count). The van der Waals surface area contributed by atoms with Crippen LogP contribution in [-0.4, -0.2) is 26.2 Å². The number of benzene rings is 2. The van der Waals surface area contributed by atoms with Gasteiger partial charge in [0.15, 0.2) is 0 Å². The molecule has 0 fully saturated rings. The maximum Gasteiger partial charge on any atom is 0.255 e. The topological polar surface area (TPSA) is 47.6 Å². The molecule has 23 heavy (non-hydrogen) atoms. The van der Waals surface area contributed by atoms with Crippen LogP contribution in [0.2, 0.25) is 10.0 Å². The van der Waals surface area contributed by atoms with Crippen molar-refractivity contribution in [3.05, 3.63) is 57.6 Å². The molecule has 0 atom stereocenters. The van der Waals surface area contributed by atoms with E-state index in [1.807, 2.05) is 19.1 Å². The normalized spacial score (nSPS) is 10.4. The van der Waals surface area contributed by atoms with Gasteiger partial charge in [0.2, 0.25) is 0 Å². The number of halogens is 2. The van der Waals surface area contributed by atoms with E-state index in [1.165, 1.54) is 6.07 Å². The van der Waals surface area contributed by atoms with Crippen LogP contribution in [0.5, 0.6) is 5.75 Å². The van der Waals surface area contributed by atoms with Gasteiger partial charge in [0, 0.05) is 12.7 Å². The van der Waals surface area contributed by atoms with Gasteiger partial charge < -0.3 is 14.8 Å². The molecule has 1 amide bonds. The van der Waals surface area contributed by atoms with E-state index in [9.17, 15) is 4.79 Å². The molecule has 0 spiro atoms. The minimum Gasteiger partial charge on any atom is -0.489 e. The van der Waals surface area contributed by atoms with Gasteiger partial charge in [0.25, 0.3) is 5.91 Å². The highest BCUT2D eigenvalue weighted by Gasteiger charge is 2.12. The van der Waals surface area contributed by atoms with E-state index < -0.39 is 0 Å². The number of aryl methyl sites for hydroxylation is 1. The van der Waals surface area contributed by atoms with E-state index in [0.29, 0.717) is 40.3 Å². The first-order valence-electron chi connectivity index (χ1n) is 7.00. The quantitative estimate of drug-likeness (QED) is 0.773. The van der Waals surface area contributed by atoms with Crippen molar-refractivity contribution in [2.24, 2.45) is 0 Å². The molecule has 0 bridgehead atoms. The Morgan fingerprint density at radius 2 is 1.87 bits per heavy atom. The number of hydrogen-bond acceptors (Lipinski definition) is 3. The fourth-order valence-corrected chi connectivity index (χ4v) is 2.22. The first kappa shape index (κ1) is 17.6. The van der Waals surface area contributed by atoms with Gasteiger partial charge in [-0.15, -0.1) is 0 Å². The largest absolute Gasteiger partial charge is 0.489 e. The standard InChI is InChI=1S/C17H17Cl2NO3/c1-11-3-6-15(16(9-11)23-8-7-22-2)20-17(21)12-4-5-13(18)14(19)10-12/h3-6,9-10H,7-8H2,1-2H3,(H,20,21). The fraction of sp³-hybridized carbons (Fsp3) is 0.235. The molecular weight excluding hydrogens is 337 g/mol. The Hall–Kier alpha value is -1.75. The Morgan fingerprint density at radius 3 is 2.57 bits per heavy atom. The molecular formula is C17H17Cl2NO3. The summed E-state index contributed by atoms with van der Waals surface area (Å²) in [5, 5.41) is 3.56. The molecule has 0 radical (unpaired) electrons. The molecule has 0 saturated heterocycles. The maximum atomic E-state index is 12.4. The summed E-state index contributed by atoms with van der Waals surface area (Å²) in [6, 6.07) is 10.3. The molecule has 4 nitrogen and oxygen atoms in total. The fourth-order valence-electron chi connectivity index (χ4n) is 1.92. The first-order valence-corrected chi connectivity index (χ1v) is 7.75. The molecule has 0 heterocycles. The number of rotatable bonds is 6. The molecule has 2 aromatic carbocycles. The predicted octanol–water partition coefficient (Wildman–Crippen LogP) is 4.58. The zero-order valence-electron chi connectivity index (χ0n) is 12.9. The van der Waals surface area contributed by atoms with Crippen LogP contribution in [0.1, 0.15) is 15.9 Å². The van der Waals surface area contributed by atoms with Gasteiger partial charge in [0.1, 0.15) is 12.4 Å². The molecule has 0 unspecified atom stereocenters. The maximum absolute atomic E-state index is 12.4. The average molecular weight is 354 g/mol. The second-order valence-electron chi connectivity index (χ2n) is 4.92. The number of nitrogens with one attached hydrogen (secondary N) is 1. The first-order chi connectivity index (χ1) is 11.0. The second-order valence-corrected chi connectivity index (χ2v) is 5.74. The number of amides is 1. The van der Waals surface area contributed by atoms with Crippen molar-refractivity contribution in [2.45, 2.75) is 6.92 Å². The Labute approximate surface area is 145 Å². The molecule has 1 N–H and O–H groups in total. The number of hydrogen-bond donors (Lipinski definition) is 1. The van der Waals surface area contributed by atoms with E-state index in [-0.39, 0.29) is 5.91 Å². The van der Waals surface area contributed by atoms with Gasteiger partial charge in [-0.2, -0.15) is 0 Å². The summed E-state index contributed by atoms with van der Waals surface area (Å²) in [7, 11) is 1.60. The Morgan fingerprint density at radius 1 is 1.09 bits per heavy atom. The van der Waals surface area contributed by atoms with E-state index in [1.54, 1.807) is 25.3 Å². The molecule has 0 aromatic heterocycles. The van der Waals surface area contributed by atoms with Crippen molar-refractivity contribution >= 4 is 34.8 Å². The summed E-state index contributed by atoms with van der Waals surface area (Å²) in [4.78, 5) is 12.4. The van der Waals surface area contributed by atoms with Gasteiger partial charge in [-0.1, -0.05) is 29.3 Å². The van der Waals surface area contributed by atoms with Crippen LogP contribution >= 0.6 is 23.2 Å². The van der Waals surface area contributed by atoms with Crippen molar-refractivity contribution < 1.29 is 14.3 Å². The molecule has 0 aliphatic rings. The summed E-state index contributed by atoms with van der Waals surface area (Å²) in [6.45, 7) is 2.82. The van der Waals surface area contributed by atoms with Crippen LogP contribution < -0.4 is 10.1 Å². The third-order valence-corrected chi connectivity index (χ3v) is 3.85. The highest BCUT2D eigenvalue weighted by atomic mass is 35.5. The van der Waals surface area contributed by atoms with E-state index >= 15 is 0 Å². The minimum absolute atomic E-state index is 0.288. The Kier molecular flexibility index (Phi) is 6.28. The van der Waals surface area contributed by atoms with Gasteiger partial charge in [-0.05, 0) is 42.8 Å². The molecule has 0 aliphatic carbocycles. The molecule has 0 aliphatic heterocycles. The van der Waals surface area contributed by atoms with Crippen molar-refractivity contribution in [1.29, 1.82) is 0 Å². The summed E-state index contributed by atoms with van der Waals surface area (Å²) >= 11 is 11.8. The summed E-state index contributed by atoms with van der Waals surface area (Å²) in [5.41, 5.74) is 2.04. The second kappa shape index (κ2) is 8.20. The molecule has 0 saturated carbocycles. The lowest BCUT2D eigenvalue weighted by Crippen LogP contribution is -2.14. The number of carbonyl (C=O) groups excluding carboxylic acids is 1. The minimum atomic E-state index is -0.288. The Bertz CT molecular complexity index is 704. The van der Waals surface area contributed by atoms with Crippen LogP contribution in [0.3, 0.4) is 0 Å².